The van der Waals surface area contributed by atoms with Crippen molar-refractivity contribution in [3.63, 3.8) is 0 Å². The molecule has 2 amide bonds. The van der Waals surface area contributed by atoms with E-state index in [1.807, 2.05) is 11.8 Å². The molecule has 2 aliphatic rings. The monoisotopic (exact) mass is 298 g/mol. The fourth-order valence-corrected chi connectivity index (χ4v) is 2.64. The minimum atomic E-state index is -0.322. The molecule has 2 saturated heterocycles. The highest BCUT2D eigenvalue weighted by molar-refractivity contribution is 5.83. The van der Waals surface area contributed by atoms with Crippen molar-refractivity contribution < 1.29 is 14.3 Å². The lowest BCUT2D eigenvalue weighted by Crippen LogP contribution is -2.55. The van der Waals surface area contributed by atoms with Crippen molar-refractivity contribution >= 4 is 11.8 Å². The predicted octanol–water partition coefficient (Wildman–Crippen LogP) is -1.36. The van der Waals surface area contributed by atoms with Gasteiger partial charge in [0, 0.05) is 45.7 Å². The quantitative estimate of drug-likeness (QED) is 0.671. The molecular weight excluding hydrogens is 272 g/mol. The first kappa shape index (κ1) is 16.2. The normalized spacial score (nSPS) is 27.4. The van der Waals surface area contributed by atoms with Gasteiger partial charge in [-0.25, -0.2) is 0 Å². The van der Waals surface area contributed by atoms with Crippen LogP contribution in [0, 0.1) is 0 Å². The van der Waals surface area contributed by atoms with Crippen LogP contribution in [0.15, 0.2) is 0 Å². The van der Waals surface area contributed by atoms with Crippen molar-refractivity contribution in [2.45, 2.75) is 25.5 Å². The van der Waals surface area contributed by atoms with Crippen molar-refractivity contribution in [3.8, 4) is 0 Å². The molecule has 120 valence electrons. The molecule has 2 aliphatic heterocycles. The summed E-state index contributed by atoms with van der Waals surface area (Å²) < 4.78 is 5.44. The number of ether oxygens (including phenoxy) is 1. The lowest BCUT2D eigenvalue weighted by atomic mass is 10.1. The summed E-state index contributed by atoms with van der Waals surface area (Å²) in [7, 11) is 2.06. The number of piperazine rings is 1. The maximum absolute atomic E-state index is 12.0. The molecule has 2 fully saturated rings. The number of carbonyl (C=O) groups excluding carboxylic acids is 2. The SMILES string of the molecule is C[C@H]1OCCN[C@@H]1C(=O)NCCC(=O)N1CCN(C)CC1. The van der Waals surface area contributed by atoms with Crippen LogP contribution in [0.4, 0.5) is 0 Å². The van der Waals surface area contributed by atoms with Gasteiger partial charge in [-0.3, -0.25) is 9.59 Å². The number of nitrogens with zero attached hydrogens (tertiary/aromatic N) is 2. The van der Waals surface area contributed by atoms with E-state index in [-0.39, 0.29) is 24.0 Å². The van der Waals surface area contributed by atoms with Crippen molar-refractivity contribution in [2.24, 2.45) is 0 Å². The largest absolute Gasteiger partial charge is 0.375 e. The maximum Gasteiger partial charge on any atom is 0.239 e. The van der Waals surface area contributed by atoms with Crippen LogP contribution in [0.25, 0.3) is 0 Å². The van der Waals surface area contributed by atoms with Crippen LogP contribution in [0.5, 0.6) is 0 Å². The number of likely N-dealkylation sites (N-methyl/N-ethyl adjacent to an activating group) is 1. The number of carbonyl (C=O) groups is 2. The van der Waals surface area contributed by atoms with E-state index in [1.54, 1.807) is 0 Å². The number of amides is 2. The first-order valence-corrected chi connectivity index (χ1v) is 7.67. The Bertz CT molecular complexity index is 369. The molecule has 0 aromatic carbocycles. The van der Waals surface area contributed by atoms with Crippen molar-refractivity contribution in [2.75, 3.05) is 52.9 Å². The third kappa shape index (κ3) is 4.66. The van der Waals surface area contributed by atoms with E-state index in [1.165, 1.54) is 0 Å². The van der Waals surface area contributed by atoms with Gasteiger partial charge < -0.3 is 25.2 Å². The predicted molar refractivity (Wildman–Crippen MR) is 78.9 cm³/mol. The average molecular weight is 298 g/mol. The Kier molecular flexibility index (Phi) is 5.96. The van der Waals surface area contributed by atoms with Gasteiger partial charge in [0.15, 0.2) is 0 Å². The first-order chi connectivity index (χ1) is 10.1. The van der Waals surface area contributed by atoms with Gasteiger partial charge in [-0.15, -0.1) is 0 Å². The molecular formula is C14H26N4O3. The van der Waals surface area contributed by atoms with Gasteiger partial charge in [0.2, 0.25) is 11.8 Å². The topological polar surface area (TPSA) is 73.9 Å². The van der Waals surface area contributed by atoms with Crippen LogP contribution in [-0.4, -0.2) is 86.7 Å². The zero-order valence-electron chi connectivity index (χ0n) is 12.9. The van der Waals surface area contributed by atoms with Crippen LogP contribution in [0.2, 0.25) is 0 Å². The molecule has 0 bridgehead atoms. The minimum Gasteiger partial charge on any atom is -0.375 e. The Hall–Kier alpha value is -1.18. The summed E-state index contributed by atoms with van der Waals surface area (Å²) in [6, 6.07) is -0.322. The van der Waals surface area contributed by atoms with Crippen LogP contribution in [-0.2, 0) is 14.3 Å². The second kappa shape index (κ2) is 7.72. The van der Waals surface area contributed by atoms with Crippen molar-refractivity contribution in [3.05, 3.63) is 0 Å². The maximum atomic E-state index is 12.0. The Morgan fingerprint density at radius 3 is 2.67 bits per heavy atom. The summed E-state index contributed by atoms with van der Waals surface area (Å²) in [4.78, 5) is 28.1. The summed E-state index contributed by atoms with van der Waals surface area (Å²) in [5, 5.41) is 5.96. The number of hydrogen-bond donors (Lipinski definition) is 2. The van der Waals surface area contributed by atoms with E-state index >= 15 is 0 Å². The molecule has 7 heteroatoms. The van der Waals surface area contributed by atoms with Crippen LogP contribution in [0.3, 0.4) is 0 Å². The second-order valence-electron chi connectivity index (χ2n) is 5.73. The molecule has 2 heterocycles. The first-order valence-electron chi connectivity index (χ1n) is 7.67. The van der Waals surface area contributed by atoms with E-state index in [9.17, 15) is 9.59 Å². The van der Waals surface area contributed by atoms with E-state index in [2.05, 4.69) is 22.6 Å². The summed E-state index contributed by atoms with van der Waals surface area (Å²) in [5.74, 6) is 0.0256. The Labute approximate surface area is 126 Å². The smallest absolute Gasteiger partial charge is 0.239 e. The van der Waals surface area contributed by atoms with Gasteiger partial charge in [-0.1, -0.05) is 0 Å². The fraction of sp³-hybridized carbons (Fsp3) is 0.857. The summed E-state index contributed by atoms with van der Waals surface area (Å²) in [6.45, 7) is 6.96. The van der Waals surface area contributed by atoms with Crippen molar-refractivity contribution in [1.82, 2.24) is 20.4 Å². The standard InChI is InChI=1S/C14H26N4O3/c1-11-13(15-5-10-21-11)14(20)16-4-3-12(19)18-8-6-17(2)7-9-18/h11,13,15H,3-10H2,1-2H3,(H,16,20)/t11-,13+/m1/s1. The number of morpholine rings is 1. The molecule has 0 radical (unpaired) electrons. The molecule has 21 heavy (non-hydrogen) atoms. The molecule has 2 rings (SSSR count). The summed E-state index contributed by atoms with van der Waals surface area (Å²) in [5.41, 5.74) is 0. The lowest BCUT2D eigenvalue weighted by Gasteiger charge is -2.32. The lowest BCUT2D eigenvalue weighted by molar-refractivity contribution is -0.133. The van der Waals surface area contributed by atoms with Crippen molar-refractivity contribution in [1.29, 1.82) is 0 Å². The molecule has 7 nitrogen and oxygen atoms in total. The molecule has 0 spiro atoms. The molecule has 0 aromatic heterocycles. The zero-order chi connectivity index (χ0) is 15.2. The number of hydrogen-bond acceptors (Lipinski definition) is 5. The van der Waals surface area contributed by atoms with Crippen LogP contribution in [0.1, 0.15) is 13.3 Å². The van der Waals surface area contributed by atoms with E-state index in [4.69, 9.17) is 4.74 Å². The molecule has 0 saturated carbocycles. The third-order valence-corrected chi connectivity index (χ3v) is 4.09. The summed E-state index contributed by atoms with van der Waals surface area (Å²) >= 11 is 0. The van der Waals surface area contributed by atoms with Gasteiger partial charge in [0.25, 0.3) is 0 Å². The van der Waals surface area contributed by atoms with E-state index in [0.29, 0.717) is 26.1 Å². The molecule has 2 N–H and O–H groups in total. The van der Waals surface area contributed by atoms with Crippen LogP contribution >= 0.6 is 0 Å². The fourth-order valence-electron chi connectivity index (χ4n) is 2.64. The highest BCUT2D eigenvalue weighted by Crippen LogP contribution is 2.04. The Morgan fingerprint density at radius 2 is 2.00 bits per heavy atom. The zero-order valence-corrected chi connectivity index (χ0v) is 12.9. The van der Waals surface area contributed by atoms with Gasteiger partial charge in [0.05, 0.1) is 12.7 Å². The van der Waals surface area contributed by atoms with Gasteiger partial charge in [-0.2, -0.15) is 0 Å². The third-order valence-electron chi connectivity index (χ3n) is 4.09. The van der Waals surface area contributed by atoms with Crippen LogP contribution < -0.4 is 10.6 Å². The van der Waals surface area contributed by atoms with Gasteiger partial charge >= 0.3 is 0 Å². The molecule has 0 aromatic rings. The molecule has 0 aliphatic carbocycles. The van der Waals surface area contributed by atoms with E-state index in [0.717, 1.165) is 26.2 Å². The molecule has 0 unspecified atom stereocenters. The molecule has 2 atom stereocenters. The highest BCUT2D eigenvalue weighted by atomic mass is 16.5. The summed E-state index contributed by atoms with van der Waals surface area (Å²) in [6.07, 6.45) is 0.226. The second-order valence-corrected chi connectivity index (χ2v) is 5.73. The average Bonchev–Trinajstić information content (AvgIpc) is 2.48. The Morgan fingerprint density at radius 1 is 1.29 bits per heavy atom. The Balaban J connectivity index is 1.66. The highest BCUT2D eigenvalue weighted by Gasteiger charge is 2.28. The number of nitrogens with one attached hydrogen (secondary N) is 2. The van der Waals surface area contributed by atoms with Gasteiger partial charge in [-0.05, 0) is 14.0 Å². The number of rotatable bonds is 4. The van der Waals surface area contributed by atoms with E-state index < -0.39 is 0 Å². The minimum absolute atomic E-state index is 0.0895. The van der Waals surface area contributed by atoms with Gasteiger partial charge in [0.1, 0.15) is 6.04 Å².